The quantitative estimate of drug-likeness (QED) is 0.847. The Hall–Kier alpha value is -2.50. The SMILES string of the molecule is CCOC(=O)C1=C(C)N(CC)C(=O)NC1c1ccc(OC)cc1. The fourth-order valence-electron chi connectivity index (χ4n) is 2.68. The number of hydrogen-bond donors (Lipinski definition) is 1. The molecule has 1 aliphatic rings. The summed E-state index contributed by atoms with van der Waals surface area (Å²) in [5, 5.41) is 2.88. The molecule has 2 amide bonds. The smallest absolute Gasteiger partial charge is 0.338 e. The normalized spacial score (nSPS) is 17.8. The van der Waals surface area contributed by atoms with E-state index in [1.807, 2.05) is 19.1 Å². The maximum Gasteiger partial charge on any atom is 0.338 e. The summed E-state index contributed by atoms with van der Waals surface area (Å²) in [5.41, 5.74) is 1.88. The standard InChI is InChI=1S/C17H22N2O4/c1-5-19-11(3)14(16(20)23-6-2)15(18-17(19)21)12-7-9-13(22-4)10-8-12/h7-10,15H,5-6H2,1-4H3,(H,18,21). The average Bonchev–Trinajstić information content (AvgIpc) is 2.55. The number of nitrogens with zero attached hydrogens (tertiary/aromatic N) is 1. The van der Waals surface area contributed by atoms with Crippen molar-refractivity contribution in [3.05, 3.63) is 41.1 Å². The first-order chi connectivity index (χ1) is 11.0. The number of hydrogen-bond acceptors (Lipinski definition) is 4. The molecule has 0 saturated heterocycles. The molecule has 0 radical (unpaired) electrons. The van der Waals surface area contributed by atoms with E-state index in [0.717, 1.165) is 5.56 Å². The number of rotatable bonds is 5. The van der Waals surface area contributed by atoms with Crippen molar-refractivity contribution in [3.63, 3.8) is 0 Å². The molecule has 6 nitrogen and oxygen atoms in total. The second kappa shape index (κ2) is 7.17. The molecule has 1 aromatic rings. The number of esters is 1. The van der Waals surface area contributed by atoms with Gasteiger partial charge in [0.15, 0.2) is 0 Å². The Bertz CT molecular complexity index is 622. The van der Waals surface area contributed by atoms with Gasteiger partial charge in [0.2, 0.25) is 0 Å². The Morgan fingerprint density at radius 1 is 1.26 bits per heavy atom. The van der Waals surface area contributed by atoms with Crippen LogP contribution in [0.15, 0.2) is 35.5 Å². The number of allylic oxidation sites excluding steroid dienone is 1. The number of nitrogens with one attached hydrogen (secondary N) is 1. The number of carbonyl (C=O) groups excluding carboxylic acids is 2. The molecule has 6 heteroatoms. The van der Waals surface area contributed by atoms with Crippen LogP contribution in [-0.2, 0) is 9.53 Å². The van der Waals surface area contributed by atoms with E-state index in [1.54, 1.807) is 33.1 Å². The highest BCUT2D eigenvalue weighted by atomic mass is 16.5. The first-order valence-corrected chi connectivity index (χ1v) is 7.63. The van der Waals surface area contributed by atoms with E-state index < -0.39 is 12.0 Å². The summed E-state index contributed by atoms with van der Waals surface area (Å²) < 4.78 is 10.3. The molecule has 1 aliphatic heterocycles. The molecule has 1 unspecified atom stereocenters. The number of urea groups is 1. The van der Waals surface area contributed by atoms with E-state index in [9.17, 15) is 9.59 Å². The molecule has 1 aromatic carbocycles. The van der Waals surface area contributed by atoms with Crippen molar-refractivity contribution in [2.24, 2.45) is 0 Å². The Morgan fingerprint density at radius 3 is 2.43 bits per heavy atom. The second-order valence-corrected chi connectivity index (χ2v) is 5.12. The van der Waals surface area contributed by atoms with Crippen LogP contribution >= 0.6 is 0 Å². The predicted octanol–water partition coefficient (Wildman–Crippen LogP) is 2.62. The van der Waals surface area contributed by atoms with Gasteiger partial charge in [-0.15, -0.1) is 0 Å². The Labute approximate surface area is 136 Å². The topological polar surface area (TPSA) is 67.9 Å². The van der Waals surface area contributed by atoms with Gasteiger partial charge in [-0.1, -0.05) is 12.1 Å². The Morgan fingerprint density at radius 2 is 1.91 bits per heavy atom. The van der Waals surface area contributed by atoms with Crippen LogP contribution in [0.4, 0.5) is 4.79 Å². The molecule has 0 bridgehead atoms. The maximum atomic E-state index is 12.4. The van der Waals surface area contributed by atoms with Gasteiger partial charge in [0, 0.05) is 12.2 Å². The zero-order chi connectivity index (χ0) is 17.0. The zero-order valence-corrected chi connectivity index (χ0v) is 13.9. The summed E-state index contributed by atoms with van der Waals surface area (Å²) in [6, 6.07) is 6.50. The van der Waals surface area contributed by atoms with E-state index in [4.69, 9.17) is 9.47 Å². The summed E-state index contributed by atoms with van der Waals surface area (Å²) in [7, 11) is 1.59. The van der Waals surface area contributed by atoms with Gasteiger partial charge in [0.1, 0.15) is 5.75 Å². The van der Waals surface area contributed by atoms with E-state index >= 15 is 0 Å². The van der Waals surface area contributed by atoms with Gasteiger partial charge in [-0.25, -0.2) is 9.59 Å². The van der Waals surface area contributed by atoms with Crippen LogP contribution in [-0.4, -0.2) is 37.2 Å². The van der Waals surface area contributed by atoms with Gasteiger partial charge in [-0.2, -0.15) is 0 Å². The van der Waals surface area contributed by atoms with Crippen LogP contribution in [0.2, 0.25) is 0 Å². The average molecular weight is 318 g/mol. The van der Waals surface area contributed by atoms with Gasteiger partial charge in [-0.3, -0.25) is 4.90 Å². The Kier molecular flexibility index (Phi) is 5.26. The summed E-state index contributed by atoms with van der Waals surface area (Å²) in [5.74, 6) is 0.300. The zero-order valence-electron chi connectivity index (χ0n) is 13.9. The van der Waals surface area contributed by atoms with E-state index in [0.29, 0.717) is 23.6 Å². The number of carbonyl (C=O) groups is 2. The van der Waals surface area contributed by atoms with Crippen LogP contribution in [0, 0.1) is 0 Å². The third kappa shape index (κ3) is 3.31. The van der Waals surface area contributed by atoms with Crippen molar-refractivity contribution in [2.75, 3.05) is 20.3 Å². The van der Waals surface area contributed by atoms with Crippen molar-refractivity contribution in [2.45, 2.75) is 26.8 Å². The molecule has 0 fully saturated rings. The molecule has 0 saturated carbocycles. The maximum absolute atomic E-state index is 12.4. The molecule has 1 N–H and O–H groups in total. The molecular formula is C17H22N2O4. The monoisotopic (exact) mass is 318 g/mol. The van der Waals surface area contributed by atoms with E-state index in [1.165, 1.54) is 4.90 Å². The van der Waals surface area contributed by atoms with E-state index in [2.05, 4.69) is 5.32 Å². The highest BCUT2D eigenvalue weighted by Gasteiger charge is 2.35. The third-order valence-electron chi connectivity index (χ3n) is 3.86. The van der Waals surface area contributed by atoms with Crippen molar-refractivity contribution < 1.29 is 19.1 Å². The lowest BCUT2D eigenvalue weighted by Gasteiger charge is -2.34. The molecule has 1 atom stereocenters. The van der Waals surface area contributed by atoms with E-state index in [-0.39, 0.29) is 12.6 Å². The summed E-state index contributed by atoms with van der Waals surface area (Å²) in [6.45, 7) is 6.15. The first kappa shape index (κ1) is 16.9. The molecule has 0 aromatic heterocycles. The second-order valence-electron chi connectivity index (χ2n) is 5.12. The van der Waals surface area contributed by atoms with Crippen LogP contribution in [0.3, 0.4) is 0 Å². The van der Waals surface area contributed by atoms with Crippen molar-refractivity contribution in [1.82, 2.24) is 10.2 Å². The molecule has 23 heavy (non-hydrogen) atoms. The Balaban J connectivity index is 2.47. The summed E-state index contributed by atoms with van der Waals surface area (Å²) in [4.78, 5) is 26.2. The molecular weight excluding hydrogens is 296 g/mol. The molecule has 2 rings (SSSR count). The lowest BCUT2D eigenvalue weighted by atomic mass is 9.95. The van der Waals surface area contributed by atoms with Crippen LogP contribution in [0.1, 0.15) is 32.4 Å². The minimum atomic E-state index is -0.532. The van der Waals surface area contributed by atoms with Gasteiger partial charge in [0.05, 0.1) is 25.3 Å². The first-order valence-electron chi connectivity index (χ1n) is 7.63. The third-order valence-corrected chi connectivity index (χ3v) is 3.86. The predicted molar refractivity (Wildman–Crippen MR) is 86.0 cm³/mol. The fraction of sp³-hybridized carbons (Fsp3) is 0.412. The summed E-state index contributed by atoms with van der Waals surface area (Å²) in [6.07, 6.45) is 0. The van der Waals surface area contributed by atoms with Crippen molar-refractivity contribution in [3.8, 4) is 5.75 Å². The minimum Gasteiger partial charge on any atom is -0.497 e. The molecule has 0 aliphatic carbocycles. The number of methoxy groups -OCH3 is 1. The van der Waals surface area contributed by atoms with Gasteiger partial charge in [-0.05, 0) is 38.5 Å². The molecule has 1 heterocycles. The van der Waals surface area contributed by atoms with Crippen molar-refractivity contribution in [1.29, 1.82) is 0 Å². The van der Waals surface area contributed by atoms with Gasteiger partial charge >= 0.3 is 12.0 Å². The van der Waals surface area contributed by atoms with Crippen LogP contribution in [0.5, 0.6) is 5.75 Å². The van der Waals surface area contributed by atoms with Crippen LogP contribution in [0.25, 0.3) is 0 Å². The molecule has 0 spiro atoms. The van der Waals surface area contributed by atoms with Gasteiger partial charge in [0.25, 0.3) is 0 Å². The molecule has 124 valence electrons. The van der Waals surface area contributed by atoms with Crippen LogP contribution < -0.4 is 10.1 Å². The van der Waals surface area contributed by atoms with Gasteiger partial charge < -0.3 is 14.8 Å². The highest BCUT2D eigenvalue weighted by Crippen LogP contribution is 2.31. The van der Waals surface area contributed by atoms with Crippen molar-refractivity contribution >= 4 is 12.0 Å². The lowest BCUT2D eigenvalue weighted by molar-refractivity contribution is -0.139. The number of ether oxygens (including phenoxy) is 2. The minimum absolute atomic E-state index is 0.223. The number of amides is 2. The highest BCUT2D eigenvalue weighted by molar-refractivity contribution is 5.95. The summed E-state index contributed by atoms with van der Waals surface area (Å²) >= 11 is 0. The fourth-order valence-corrected chi connectivity index (χ4v) is 2.68. The number of benzene rings is 1. The lowest BCUT2D eigenvalue weighted by Crippen LogP contribution is -2.47. The largest absolute Gasteiger partial charge is 0.497 e.